The van der Waals surface area contributed by atoms with Crippen LogP contribution in [0.1, 0.15) is 12.5 Å². The van der Waals surface area contributed by atoms with Gasteiger partial charge in [0.15, 0.2) is 0 Å². The minimum atomic E-state index is 1.05. The highest BCUT2D eigenvalue weighted by molar-refractivity contribution is 9.10. The molecule has 2 rings (SSSR count). The lowest BCUT2D eigenvalue weighted by molar-refractivity contribution is 1.14. The maximum Gasteiger partial charge on any atom is 0.0273 e. The van der Waals surface area contributed by atoms with Crippen LogP contribution >= 0.6 is 15.9 Å². The predicted octanol–water partition coefficient (Wildman–Crippen LogP) is 4.07. The minimum Gasteiger partial charge on any atom is -0.265 e. The van der Waals surface area contributed by atoms with Gasteiger partial charge in [-0.15, -0.1) is 0 Å². The summed E-state index contributed by atoms with van der Waals surface area (Å²) >= 11 is 3.54. The molecule has 0 fully saturated rings. The number of aromatic nitrogens is 1. The zero-order valence-corrected chi connectivity index (χ0v) is 10.2. The van der Waals surface area contributed by atoms with Crippen LogP contribution in [-0.2, 0) is 6.42 Å². The van der Waals surface area contributed by atoms with E-state index in [1.807, 2.05) is 24.5 Å². The first-order valence-corrected chi connectivity index (χ1v) is 5.79. The lowest BCUT2D eigenvalue weighted by atomic mass is 10.0. The number of halogens is 1. The summed E-state index contributed by atoms with van der Waals surface area (Å²) in [5.41, 5.74) is 3.79. The molecule has 0 aliphatic heterocycles. The molecule has 0 saturated heterocycles. The van der Waals surface area contributed by atoms with Gasteiger partial charge >= 0.3 is 0 Å². The molecular formula is C13H12BrN. The lowest BCUT2D eigenvalue weighted by Gasteiger charge is -2.05. The van der Waals surface area contributed by atoms with Gasteiger partial charge in [0.1, 0.15) is 0 Å². The van der Waals surface area contributed by atoms with Gasteiger partial charge in [0.05, 0.1) is 0 Å². The summed E-state index contributed by atoms with van der Waals surface area (Å²) in [5, 5.41) is 0. The van der Waals surface area contributed by atoms with E-state index in [1.54, 1.807) is 0 Å². The van der Waals surface area contributed by atoms with Crippen LogP contribution in [0.4, 0.5) is 0 Å². The van der Waals surface area contributed by atoms with Crippen molar-refractivity contribution in [1.29, 1.82) is 0 Å². The third-order valence-corrected chi connectivity index (χ3v) is 2.84. The van der Waals surface area contributed by atoms with Crippen molar-refractivity contribution < 1.29 is 0 Å². The SMILES string of the molecule is CCc1cc(Br)cc(-c2ccncc2)c1. The fourth-order valence-corrected chi connectivity index (χ4v) is 2.11. The molecule has 0 N–H and O–H groups in total. The molecule has 0 amide bonds. The first-order valence-electron chi connectivity index (χ1n) is 4.99. The molecule has 1 aromatic carbocycles. The van der Waals surface area contributed by atoms with Crippen LogP contribution in [0.25, 0.3) is 11.1 Å². The van der Waals surface area contributed by atoms with Gasteiger partial charge in [-0.2, -0.15) is 0 Å². The molecule has 1 heterocycles. The summed E-state index contributed by atoms with van der Waals surface area (Å²) in [4.78, 5) is 4.02. The zero-order chi connectivity index (χ0) is 10.7. The monoisotopic (exact) mass is 261 g/mol. The smallest absolute Gasteiger partial charge is 0.0273 e. The molecular weight excluding hydrogens is 250 g/mol. The van der Waals surface area contributed by atoms with Gasteiger partial charge in [-0.3, -0.25) is 4.98 Å². The Morgan fingerprint density at radius 2 is 1.80 bits per heavy atom. The fourth-order valence-electron chi connectivity index (χ4n) is 1.57. The van der Waals surface area contributed by atoms with Crippen LogP contribution in [0.5, 0.6) is 0 Å². The highest BCUT2D eigenvalue weighted by Gasteiger charge is 2.00. The second-order valence-corrected chi connectivity index (χ2v) is 4.35. The number of hydrogen-bond acceptors (Lipinski definition) is 1. The Morgan fingerprint density at radius 3 is 2.47 bits per heavy atom. The Hall–Kier alpha value is -1.15. The highest BCUT2D eigenvalue weighted by atomic mass is 79.9. The van der Waals surface area contributed by atoms with Crippen molar-refractivity contribution in [2.45, 2.75) is 13.3 Å². The number of pyridine rings is 1. The van der Waals surface area contributed by atoms with Crippen LogP contribution < -0.4 is 0 Å². The van der Waals surface area contributed by atoms with E-state index in [0.717, 1.165) is 10.9 Å². The topological polar surface area (TPSA) is 12.9 Å². The van der Waals surface area contributed by atoms with Crippen molar-refractivity contribution in [3.63, 3.8) is 0 Å². The summed E-state index contributed by atoms with van der Waals surface area (Å²) in [6.07, 6.45) is 4.70. The summed E-state index contributed by atoms with van der Waals surface area (Å²) in [5.74, 6) is 0. The van der Waals surface area contributed by atoms with Crippen LogP contribution in [-0.4, -0.2) is 4.98 Å². The van der Waals surface area contributed by atoms with E-state index in [0.29, 0.717) is 0 Å². The van der Waals surface area contributed by atoms with E-state index >= 15 is 0 Å². The molecule has 0 atom stereocenters. The Labute approximate surface area is 98.3 Å². The number of rotatable bonds is 2. The summed E-state index contributed by atoms with van der Waals surface area (Å²) < 4.78 is 1.13. The van der Waals surface area contributed by atoms with E-state index in [2.05, 4.69) is 46.0 Å². The van der Waals surface area contributed by atoms with Gasteiger partial charge in [-0.05, 0) is 47.4 Å². The molecule has 0 bridgehead atoms. The highest BCUT2D eigenvalue weighted by Crippen LogP contribution is 2.24. The average molecular weight is 262 g/mol. The Balaban J connectivity index is 2.49. The van der Waals surface area contributed by atoms with E-state index in [9.17, 15) is 0 Å². The second-order valence-electron chi connectivity index (χ2n) is 3.44. The normalized spacial score (nSPS) is 10.3. The summed E-state index contributed by atoms with van der Waals surface area (Å²) in [7, 11) is 0. The second kappa shape index (κ2) is 4.58. The molecule has 0 aliphatic carbocycles. The van der Waals surface area contributed by atoms with Crippen molar-refractivity contribution in [1.82, 2.24) is 4.98 Å². The van der Waals surface area contributed by atoms with Gasteiger partial charge in [0.2, 0.25) is 0 Å². The Morgan fingerprint density at radius 1 is 1.07 bits per heavy atom. The fraction of sp³-hybridized carbons (Fsp3) is 0.154. The van der Waals surface area contributed by atoms with Gasteiger partial charge in [0.25, 0.3) is 0 Å². The van der Waals surface area contributed by atoms with Crippen LogP contribution in [0.15, 0.2) is 47.2 Å². The quantitative estimate of drug-likeness (QED) is 0.794. The largest absolute Gasteiger partial charge is 0.265 e. The van der Waals surface area contributed by atoms with Gasteiger partial charge in [0, 0.05) is 16.9 Å². The number of nitrogens with zero attached hydrogens (tertiary/aromatic N) is 1. The van der Waals surface area contributed by atoms with Crippen molar-refractivity contribution in [3.8, 4) is 11.1 Å². The van der Waals surface area contributed by atoms with Crippen molar-refractivity contribution in [3.05, 3.63) is 52.8 Å². The molecule has 2 heteroatoms. The minimum absolute atomic E-state index is 1.05. The van der Waals surface area contributed by atoms with Gasteiger partial charge in [-0.25, -0.2) is 0 Å². The first kappa shape index (κ1) is 10.4. The molecule has 1 nitrogen and oxygen atoms in total. The molecule has 1 aromatic heterocycles. The maximum absolute atomic E-state index is 4.02. The Kier molecular flexibility index (Phi) is 3.17. The van der Waals surface area contributed by atoms with Crippen LogP contribution in [0.2, 0.25) is 0 Å². The predicted molar refractivity (Wildman–Crippen MR) is 66.8 cm³/mol. The van der Waals surface area contributed by atoms with Crippen LogP contribution in [0, 0.1) is 0 Å². The molecule has 0 spiro atoms. The molecule has 0 saturated carbocycles. The van der Waals surface area contributed by atoms with E-state index in [-0.39, 0.29) is 0 Å². The third-order valence-electron chi connectivity index (χ3n) is 2.38. The first-order chi connectivity index (χ1) is 7.29. The summed E-state index contributed by atoms with van der Waals surface area (Å²) in [6.45, 7) is 2.16. The van der Waals surface area contributed by atoms with Crippen molar-refractivity contribution in [2.75, 3.05) is 0 Å². The van der Waals surface area contributed by atoms with Crippen molar-refractivity contribution >= 4 is 15.9 Å². The number of hydrogen-bond donors (Lipinski definition) is 0. The number of aryl methyl sites for hydroxylation is 1. The van der Waals surface area contributed by atoms with E-state index in [1.165, 1.54) is 16.7 Å². The lowest BCUT2D eigenvalue weighted by Crippen LogP contribution is -1.84. The Bertz CT molecular complexity index is 451. The van der Waals surface area contributed by atoms with Crippen LogP contribution in [0.3, 0.4) is 0 Å². The van der Waals surface area contributed by atoms with Gasteiger partial charge in [-0.1, -0.05) is 28.9 Å². The zero-order valence-electron chi connectivity index (χ0n) is 8.57. The molecule has 15 heavy (non-hydrogen) atoms. The van der Waals surface area contributed by atoms with Crippen molar-refractivity contribution in [2.24, 2.45) is 0 Å². The average Bonchev–Trinajstić information content (AvgIpc) is 2.29. The molecule has 76 valence electrons. The maximum atomic E-state index is 4.02. The van der Waals surface area contributed by atoms with Gasteiger partial charge < -0.3 is 0 Å². The molecule has 0 aliphatic rings. The molecule has 0 radical (unpaired) electrons. The standard InChI is InChI=1S/C13H12BrN/c1-2-10-7-12(9-13(14)8-10)11-3-5-15-6-4-11/h3-9H,2H2,1H3. The molecule has 2 aromatic rings. The molecule has 0 unspecified atom stereocenters. The third kappa shape index (κ3) is 2.45. The van der Waals surface area contributed by atoms with E-state index < -0.39 is 0 Å². The number of benzene rings is 1. The summed E-state index contributed by atoms with van der Waals surface area (Å²) in [6, 6.07) is 10.6. The van der Waals surface area contributed by atoms with E-state index in [4.69, 9.17) is 0 Å².